The molecule has 0 saturated carbocycles. The number of methoxy groups -OCH3 is 2. The highest BCUT2D eigenvalue weighted by molar-refractivity contribution is 5.94. The van der Waals surface area contributed by atoms with Crippen LogP contribution in [0.2, 0.25) is 0 Å². The molecular weight excluding hydrogens is 334 g/mol. The van der Waals surface area contributed by atoms with E-state index in [4.69, 9.17) is 20.2 Å². The molecule has 0 bridgehead atoms. The Bertz CT molecular complexity index is 950. The number of nitrogens with one attached hydrogen (secondary N) is 2. The Balaban J connectivity index is 1.84. The first-order valence-electron chi connectivity index (χ1n) is 8.30. The zero-order valence-corrected chi connectivity index (χ0v) is 14.9. The minimum Gasteiger partial charge on any atom is -0.493 e. The van der Waals surface area contributed by atoms with Crippen LogP contribution in [0, 0.1) is 6.92 Å². The van der Waals surface area contributed by atoms with E-state index in [1.807, 2.05) is 30.0 Å². The molecule has 0 unspecified atom stereocenters. The smallest absolute Gasteiger partial charge is 0.228 e. The van der Waals surface area contributed by atoms with Crippen LogP contribution in [0.1, 0.15) is 5.69 Å². The highest BCUT2D eigenvalue weighted by Gasteiger charge is 2.26. The molecule has 0 spiro atoms. The van der Waals surface area contributed by atoms with E-state index < -0.39 is 0 Å². The van der Waals surface area contributed by atoms with Gasteiger partial charge in [0, 0.05) is 42.3 Å². The summed E-state index contributed by atoms with van der Waals surface area (Å²) in [5.74, 6) is 3.19. The Hall–Kier alpha value is -3.07. The van der Waals surface area contributed by atoms with Gasteiger partial charge in [0.15, 0.2) is 17.3 Å². The fourth-order valence-electron chi connectivity index (χ4n) is 2.96. The van der Waals surface area contributed by atoms with Gasteiger partial charge in [-0.3, -0.25) is 5.10 Å². The number of fused-ring (bicyclic) bond motifs is 1. The molecule has 1 aromatic carbocycles. The van der Waals surface area contributed by atoms with Crippen LogP contribution in [-0.4, -0.2) is 53.5 Å². The van der Waals surface area contributed by atoms with Crippen molar-refractivity contribution in [2.75, 3.05) is 37.5 Å². The fraction of sp³-hybridized carbons (Fsp3) is 0.353. The van der Waals surface area contributed by atoms with E-state index in [1.54, 1.807) is 14.2 Å². The van der Waals surface area contributed by atoms with Crippen LogP contribution in [0.15, 0.2) is 18.2 Å². The minimum absolute atomic E-state index is 0.157. The first kappa shape index (κ1) is 16.4. The van der Waals surface area contributed by atoms with Crippen molar-refractivity contribution in [2.24, 2.45) is 5.73 Å². The third-order valence-corrected chi connectivity index (χ3v) is 4.33. The van der Waals surface area contributed by atoms with Gasteiger partial charge in [0.1, 0.15) is 5.82 Å². The predicted octanol–water partition coefficient (Wildman–Crippen LogP) is 1.57. The van der Waals surface area contributed by atoms with Gasteiger partial charge in [0.25, 0.3) is 0 Å². The summed E-state index contributed by atoms with van der Waals surface area (Å²) < 4.78 is 10.8. The van der Waals surface area contributed by atoms with E-state index in [0.717, 1.165) is 29.7 Å². The quantitative estimate of drug-likeness (QED) is 0.632. The monoisotopic (exact) mass is 355 g/mol. The second-order valence-electron chi connectivity index (χ2n) is 6.32. The van der Waals surface area contributed by atoms with E-state index in [0.29, 0.717) is 29.1 Å². The zero-order chi connectivity index (χ0) is 18.3. The minimum atomic E-state index is 0.157. The van der Waals surface area contributed by atoms with E-state index in [2.05, 4.69) is 20.5 Å². The number of hydrogen-bond acceptors (Lipinski definition) is 8. The lowest BCUT2D eigenvalue weighted by Gasteiger charge is -2.37. The second-order valence-corrected chi connectivity index (χ2v) is 6.32. The molecule has 0 atom stereocenters. The summed E-state index contributed by atoms with van der Waals surface area (Å²) in [5.41, 5.74) is 7.61. The summed E-state index contributed by atoms with van der Waals surface area (Å²) in [6, 6.07) is 5.78. The van der Waals surface area contributed by atoms with Crippen LogP contribution in [-0.2, 0) is 0 Å². The lowest BCUT2D eigenvalue weighted by atomic mass is 10.1. The fourth-order valence-corrected chi connectivity index (χ4v) is 2.96. The molecule has 26 heavy (non-hydrogen) atoms. The number of ether oxygens (including phenoxy) is 2. The van der Waals surface area contributed by atoms with Crippen molar-refractivity contribution in [1.82, 2.24) is 20.2 Å². The van der Waals surface area contributed by atoms with Crippen molar-refractivity contribution in [3.8, 4) is 11.5 Å². The van der Waals surface area contributed by atoms with E-state index >= 15 is 0 Å². The molecule has 1 aliphatic heterocycles. The van der Waals surface area contributed by atoms with Crippen molar-refractivity contribution in [1.29, 1.82) is 0 Å². The number of aromatic amines is 1. The molecule has 4 rings (SSSR count). The molecule has 1 saturated heterocycles. The van der Waals surface area contributed by atoms with Gasteiger partial charge in [0.05, 0.1) is 19.7 Å². The summed E-state index contributed by atoms with van der Waals surface area (Å²) >= 11 is 0. The number of benzene rings is 1. The number of aromatic nitrogens is 4. The SMILES string of the molecule is COc1cc2nc(N3CC(N)C3)nc(Nc3cc(C)[nH]n3)c2cc1OC. The van der Waals surface area contributed by atoms with Gasteiger partial charge in [-0.15, -0.1) is 0 Å². The third-order valence-electron chi connectivity index (χ3n) is 4.33. The van der Waals surface area contributed by atoms with Crippen molar-refractivity contribution in [3.63, 3.8) is 0 Å². The molecule has 3 aromatic rings. The topological polar surface area (TPSA) is 114 Å². The third kappa shape index (κ3) is 2.86. The van der Waals surface area contributed by atoms with Crippen LogP contribution < -0.4 is 25.4 Å². The van der Waals surface area contributed by atoms with E-state index in [1.165, 1.54) is 0 Å². The molecule has 9 heteroatoms. The Morgan fingerprint density at radius 2 is 1.88 bits per heavy atom. The molecular formula is C17H21N7O2. The summed E-state index contributed by atoms with van der Waals surface area (Å²) in [6.07, 6.45) is 0. The molecule has 9 nitrogen and oxygen atoms in total. The van der Waals surface area contributed by atoms with Gasteiger partial charge in [-0.2, -0.15) is 10.1 Å². The van der Waals surface area contributed by atoms with Crippen molar-refractivity contribution < 1.29 is 9.47 Å². The van der Waals surface area contributed by atoms with Gasteiger partial charge in [0.2, 0.25) is 5.95 Å². The highest BCUT2D eigenvalue weighted by Crippen LogP contribution is 2.36. The zero-order valence-electron chi connectivity index (χ0n) is 14.9. The van der Waals surface area contributed by atoms with Crippen molar-refractivity contribution in [3.05, 3.63) is 23.9 Å². The average Bonchev–Trinajstić information content (AvgIpc) is 3.02. The van der Waals surface area contributed by atoms with Crippen LogP contribution in [0.3, 0.4) is 0 Å². The molecule has 1 aliphatic rings. The van der Waals surface area contributed by atoms with Gasteiger partial charge < -0.3 is 25.4 Å². The number of nitrogens with zero attached hydrogens (tertiary/aromatic N) is 4. The molecule has 4 N–H and O–H groups in total. The van der Waals surface area contributed by atoms with Crippen LogP contribution in [0.4, 0.5) is 17.6 Å². The lowest BCUT2D eigenvalue weighted by molar-refractivity contribution is 0.356. The molecule has 1 fully saturated rings. The Morgan fingerprint density at radius 3 is 2.50 bits per heavy atom. The predicted molar refractivity (Wildman–Crippen MR) is 99.4 cm³/mol. The number of H-pyrrole nitrogens is 1. The van der Waals surface area contributed by atoms with E-state index in [-0.39, 0.29) is 6.04 Å². The molecule has 0 radical (unpaired) electrons. The summed E-state index contributed by atoms with van der Waals surface area (Å²) in [6.45, 7) is 3.41. The number of nitrogens with two attached hydrogens (primary N) is 1. The largest absolute Gasteiger partial charge is 0.493 e. The number of rotatable bonds is 5. The maximum absolute atomic E-state index is 5.90. The van der Waals surface area contributed by atoms with Gasteiger partial charge in [-0.05, 0) is 13.0 Å². The number of anilines is 3. The van der Waals surface area contributed by atoms with Crippen molar-refractivity contribution >= 4 is 28.5 Å². The first-order valence-corrected chi connectivity index (χ1v) is 8.30. The Morgan fingerprint density at radius 1 is 1.15 bits per heavy atom. The second kappa shape index (κ2) is 6.34. The molecule has 3 heterocycles. The normalized spacial score (nSPS) is 14.4. The number of hydrogen-bond donors (Lipinski definition) is 3. The molecule has 0 aliphatic carbocycles. The Kier molecular flexibility index (Phi) is 4.00. The standard InChI is InChI=1S/C17H21N7O2/c1-9-4-15(23-22-9)20-16-11-5-13(25-2)14(26-3)6-12(11)19-17(21-16)24-7-10(18)8-24/h4-6,10H,7-8,18H2,1-3H3,(H2,19,20,21,22,23). The van der Waals surface area contributed by atoms with E-state index in [9.17, 15) is 0 Å². The first-order chi connectivity index (χ1) is 12.6. The van der Waals surface area contributed by atoms with Crippen LogP contribution in [0.5, 0.6) is 11.5 Å². The summed E-state index contributed by atoms with van der Waals surface area (Å²) in [4.78, 5) is 11.4. The van der Waals surface area contributed by atoms with Crippen molar-refractivity contribution in [2.45, 2.75) is 13.0 Å². The Labute approximate surface area is 150 Å². The lowest BCUT2D eigenvalue weighted by Crippen LogP contribution is -2.56. The van der Waals surface area contributed by atoms with Gasteiger partial charge in [-0.25, -0.2) is 4.98 Å². The molecule has 0 amide bonds. The van der Waals surface area contributed by atoms with Crippen LogP contribution in [0.25, 0.3) is 10.9 Å². The number of aryl methyl sites for hydroxylation is 1. The molecule has 136 valence electrons. The maximum Gasteiger partial charge on any atom is 0.228 e. The maximum atomic E-state index is 5.90. The van der Waals surface area contributed by atoms with Gasteiger partial charge in [-0.1, -0.05) is 0 Å². The van der Waals surface area contributed by atoms with Gasteiger partial charge >= 0.3 is 0 Å². The van der Waals surface area contributed by atoms with Crippen LogP contribution >= 0.6 is 0 Å². The summed E-state index contributed by atoms with van der Waals surface area (Å²) in [5, 5.41) is 11.2. The molecule has 2 aromatic heterocycles. The highest BCUT2D eigenvalue weighted by atomic mass is 16.5. The summed E-state index contributed by atoms with van der Waals surface area (Å²) in [7, 11) is 3.20. The average molecular weight is 355 g/mol.